The second-order valence-corrected chi connectivity index (χ2v) is 10.8. The smallest absolute Gasteiger partial charge is 0.240 e. The molecule has 1 aliphatic heterocycles. The van der Waals surface area contributed by atoms with Gasteiger partial charge in [-0.25, -0.2) is 13.1 Å². The van der Waals surface area contributed by atoms with Crippen molar-refractivity contribution in [3.63, 3.8) is 0 Å². The predicted octanol–water partition coefficient (Wildman–Crippen LogP) is 2.67. The maximum absolute atomic E-state index is 12.9. The van der Waals surface area contributed by atoms with Gasteiger partial charge in [-0.15, -0.1) is 0 Å². The SMILES string of the molecule is Cc1ccc(S(=O)(=O)NCC2CCCN(CC(=O)N(C)C3(C#N)CCCCC3)C2)cc1. The van der Waals surface area contributed by atoms with Crippen LogP contribution in [-0.4, -0.2) is 62.9 Å². The number of nitrogens with one attached hydrogen (secondary N) is 1. The van der Waals surface area contributed by atoms with Gasteiger partial charge >= 0.3 is 0 Å². The van der Waals surface area contributed by atoms with Crippen molar-refractivity contribution in [1.82, 2.24) is 14.5 Å². The van der Waals surface area contributed by atoms with E-state index < -0.39 is 15.6 Å². The van der Waals surface area contributed by atoms with Crippen LogP contribution < -0.4 is 4.72 Å². The Labute approximate surface area is 186 Å². The lowest BCUT2D eigenvalue weighted by atomic mass is 9.81. The molecule has 1 atom stereocenters. The molecule has 1 unspecified atom stereocenters. The minimum absolute atomic E-state index is 0.0238. The van der Waals surface area contributed by atoms with Gasteiger partial charge in [0.05, 0.1) is 17.5 Å². The van der Waals surface area contributed by atoms with E-state index >= 15 is 0 Å². The van der Waals surface area contributed by atoms with Crippen LogP contribution in [0.4, 0.5) is 0 Å². The third-order valence-electron chi connectivity index (χ3n) is 6.76. The summed E-state index contributed by atoms with van der Waals surface area (Å²) in [6, 6.07) is 9.23. The van der Waals surface area contributed by atoms with E-state index in [1.807, 2.05) is 6.92 Å². The van der Waals surface area contributed by atoms with Gasteiger partial charge in [0, 0.05) is 20.1 Å². The molecule has 7 nitrogen and oxygen atoms in total. The van der Waals surface area contributed by atoms with E-state index in [0.29, 0.717) is 13.1 Å². The van der Waals surface area contributed by atoms with Crippen LogP contribution in [0.2, 0.25) is 0 Å². The molecule has 1 saturated carbocycles. The fraction of sp³-hybridized carbons (Fsp3) is 0.652. The monoisotopic (exact) mass is 446 g/mol. The summed E-state index contributed by atoms with van der Waals surface area (Å²) in [5.74, 6) is 0.135. The molecule has 1 heterocycles. The van der Waals surface area contributed by atoms with E-state index in [0.717, 1.165) is 57.1 Å². The van der Waals surface area contributed by atoms with Gasteiger partial charge in [-0.05, 0) is 57.2 Å². The zero-order chi connectivity index (χ0) is 22.5. The zero-order valence-corrected chi connectivity index (χ0v) is 19.5. The molecule has 0 aromatic heterocycles. The van der Waals surface area contributed by atoms with Crippen molar-refractivity contribution < 1.29 is 13.2 Å². The van der Waals surface area contributed by atoms with Crippen LogP contribution in [0.1, 0.15) is 50.5 Å². The summed E-state index contributed by atoms with van der Waals surface area (Å²) >= 11 is 0. The standard InChI is InChI=1S/C23H34N4O3S/c1-19-8-10-21(11-9-19)31(29,30)25-15-20-7-6-14-27(16-20)17-22(28)26(2)23(18-24)12-4-3-5-13-23/h8-11,20,25H,3-7,12-17H2,1-2H3. The van der Waals surface area contributed by atoms with Crippen LogP contribution >= 0.6 is 0 Å². The van der Waals surface area contributed by atoms with Crippen LogP contribution in [0.25, 0.3) is 0 Å². The Morgan fingerprint density at radius 3 is 2.55 bits per heavy atom. The summed E-state index contributed by atoms with van der Waals surface area (Å²) in [6.07, 6.45) is 6.44. The lowest BCUT2D eigenvalue weighted by Gasteiger charge is -2.40. The zero-order valence-electron chi connectivity index (χ0n) is 18.6. The molecule has 0 radical (unpaired) electrons. The molecule has 8 heteroatoms. The van der Waals surface area contributed by atoms with Gasteiger partial charge < -0.3 is 4.90 Å². The average molecular weight is 447 g/mol. The number of nitriles is 1. The number of benzene rings is 1. The van der Waals surface area contributed by atoms with E-state index in [1.165, 1.54) is 0 Å². The number of nitrogens with zero attached hydrogens (tertiary/aromatic N) is 3. The average Bonchev–Trinajstić information content (AvgIpc) is 2.78. The van der Waals surface area contributed by atoms with Crippen LogP contribution in [0, 0.1) is 24.2 Å². The minimum atomic E-state index is -3.54. The normalized spacial score (nSPS) is 21.9. The topological polar surface area (TPSA) is 93.5 Å². The van der Waals surface area contributed by atoms with Crippen LogP contribution in [-0.2, 0) is 14.8 Å². The van der Waals surface area contributed by atoms with Gasteiger partial charge in [0.25, 0.3) is 0 Å². The highest BCUT2D eigenvalue weighted by Crippen LogP contribution is 2.32. The Bertz CT molecular complexity index is 902. The highest BCUT2D eigenvalue weighted by atomic mass is 32.2. The van der Waals surface area contributed by atoms with Crippen molar-refractivity contribution in [3.05, 3.63) is 29.8 Å². The quantitative estimate of drug-likeness (QED) is 0.695. The second kappa shape index (κ2) is 10.1. The Hall–Kier alpha value is -1.95. The molecule has 1 aromatic rings. The summed E-state index contributed by atoms with van der Waals surface area (Å²) in [5.41, 5.74) is 0.344. The van der Waals surface area contributed by atoms with E-state index in [9.17, 15) is 18.5 Å². The summed E-state index contributed by atoms with van der Waals surface area (Å²) in [5, 5.41) is 9.74. The first-order valence-electron chi connectivity index (χ1n) is 11.2. The molecule has 3 rings (SSSR count). The fourth-order valence-electron chi connectivity index (χ4n) is 4.68. The Balaban J connectivity index is 1.53. The first-order chi connectivity index (χ1) is 14.8. The van der Waals surface area contributed by atoms with Gasteiger partial charge in [0.15, 0.2) is 0 Å². The lowest BCUT2D eigenvalue weighted by molar-refractivity contribution is -0.136. The van der Waals surface area contributed by atoms with Crippen LogP contribution in [0.15, 0.2) is 29.2 Å². The van der Waals surface area contributed by atoms with E-state index in [2.05, 4.69) is 15.7 Å². The molecule has 1 N–H and O–H groups in total. The minimum Gasteiger partial charge on any atom is -0.326 e. The van der Waals surface area contributed by atoms with Gasteiger partial charge in [-0.3, -0.25) is 9.69 Å². The largest absolute Gasteiger partial charge is 0.326 e. The van der Waals surface area contributed by atoms with Crippen molar-refractivity contribution in [2.75, 3.05) is 33.2 Å². The van der Waals surface area contributed by atoms with Gasteiger partial charge in [-0.1, -0.05) is 37.0 Å². The number of likely N-dealkylation sites (tertiary alicyclic amines) is 1. The van der Waals surface area contributed by atoms with Gasteiger partial charge in [0.2, 0.25) is 15.9 Å². The van der Waals surface area contributed by atoms with E-state index in [1.54, 1.807) is 36.2 Å². The van der Waals surface area contributed by atoms with E-state index in [4.69, 9.17) is 0 Å². The number of carbonyl (C=O) groups excluding carboxylic acids is 1. The number of rotatable bonds is 7. The highest BCUT2D eigenvalue weighted by molar-refractivity contribution is 7.89. The Morgan fingerprint density at radius 1 is 1.23 bits per heavy atom. The first-order valence-corrected chi connectivity index (χ1v) is 12.7. The molecule has 170 valence electrons. The molecular weight excluding hydrogens is 412 g/mol. The third-order valence-corrected chi connectivity index (χ3v) is 8.20. The van der Waals surface area contributed by atoms with Gasteiger partial charge in [0.1, 0.15) is 5.54 Å². The lowest BCUT2D eigenvalue weighted by Crippen LogP contribution is -2.53. The molecule has 0 spiro atoms. The Kier molecular flexibility index (Phi) is 7.73. The molecule has 1 amide bonds. The number of sulfonamides is 1. The van der Waals surface area contributed by atoms with Crippen molar-refractivity contribution >= 4 is 15.9 Å². The summed E-state index contributed by atoms with van der Waals surface area (Å²) in [7, 11) is -1.78. The highest BCUT2D eigenvalue weighted by Gasteiger charge is 2.39. The number of aryl methyl sites for hydroxylation is 1. The molecule has 1 aliphatic carbocycles. The molecule has 1 aromatic carbocycles. The molecule has 2 aliphatic rings. The van der Waals surface area contributed by atoms with Crippen LogP contribution in [0.5, 0.6) is 0 Å². The number of piperidine rings is 1. The number of likely N-dealkylation sites (N-methyl/N-ethyl adjacent to an activating group) is 1. The number of hydrogen-bond donors (Lipinski definition) is 1. The van der Waals surface area contributed by atoms with Crippen molar-refractivity contribution in [3.8, 4) is 6.07 Å². The maximum atomic E-state index is 12.9. The maximum Gasteiger partial charge on any atom is 0.240 e. The molecular formula is C23H34N4O3S. The van der Waals surface area contributed by atoms with Crippen molar-refractivity contribution in [1.29, 1.82) is 5.26 Å². The van der Waals surface area contributed by atoms with Gasteiger partial charge in [-0.2, -0.15) is 5.26 Å². The molecule has 1 saturated heterocycles. The summed E-state index contributed by atoms with van der Waals surface area (Å²) in [4.78, 5) is 17.0. The predicted molar refractivity (Wildman–Crippen MR) is 120 cm³/mol. The first kappa shape index (κ1) is 23.7. The number of hydrogen-bond acceptors (Lipinski definition) is 5. The van der Waals surface area contributed by atoms with Crippen LogP contribution in [0.3, 0.4) is 0 Å². The molecule has 0 bridgehead atoms. The van der Waals surface area contributed by atoms with E-state index in [-0.39, 0.29) is 23.3 Å². The molecule has 2 fully saturated rings. The fourth-order valence-corrected chi connectivity index (χ4v) is 5.80. The second-order valence-electron chi connectivity index (χ2n) is 9.07. The van der Waals surface area contributed by atoms with Crippen molar-refractivity contribution in [2.45, 2.75) is 62.3 Å². The summed E-state index contributed by atoms with van der Waals surface area (Å²) in [6.45, 7) is 4.06. The molecule has 31 heavy (non-hydrogen) atoms. The summed E-state index contributed by atoms with van der Waals surface area (Å²) < 4.78 is 27.9. The van der Waals surface area contributed by atoms with Crippen molar-refractivity contribution in [2.24, 2.45) is 5.92 Å². The number of carbonyl (C=O) groups is 1. The Morgan fingerprint density at radius 2 is 1.90 bits per heavy atom. The third kappa shape index (κ3) is 5.85. The number of amides is 1.